The van der Waals surface area contributed by atoms with Crippen molar-refractivity contribution in [1.82, 2.24) is 19.9 Å². The van der Waals surface area contributed by atoms with E-state index in [9.17, 15) is 0 Å². The Bertz CT molecular complexity index is 805. The number of nitrogens with one attached hydrogen (secondary N) is 1. The first-order chi connectivity index (χ1) is 10.8. The van der Waals surface area contributed by atoms with E-state index in [2.05, 4.69) is 14.9 Å². The number of halogens is 1. The first kappa shape index (κ1) is 13.7. The molecule has 3 heterocycles. The fourth-order valence-electron chi connectivity index (χ4n) is 3.17. The minimum atomic E-state index is 0.410. The fraction of sp³-hybridized carbons (Fsp3) is 0.294. The van der Waals surface area contributed by atoms with Crippen LogP contribution in [0.1, 0.15) is 18.9 Å². The minimum Gasteiger partial charge on any atom is -0.317 e. The van der Waals surface area contributed by atoms with Crippen molar-refractivity contribution in [2.75, 3.05) is 13.1 Å². The second-order valence-corrected chi connectivity index (χ2v) is 6.02. The van der Waals surface area contributed by atoms with Crippen molar-refractivity contribution >= 4 is 22.8 Å². The number of imidazole rings is 1. The van der Waals surface area contributed by atoms with E-state index in [0.29, 0.717) is 6.04 Å². The summed E-state index contributed by atoms with van der Waals surface area (Å²) in [6, 6.07) is 12.2. The molecule has 5 heteroatoms. The van der Waals surface area contributed by atoms with Gasteiger partial charge >= 0.3 is 0 Å². The second-order valence-electron chi connectivity index (χ2n) is 5.61. The lowest BCUT2D eigenvalue weighted by molar-refractivity contribution is 0.376. The van der Waals surface area contributed by atoms with E-state index in [-0.39, 0.29) is 0 Å². The normalized spacial score (nSPS) is 16.2. The Balaban J connectivity index is 1.95. The van der Waals surface area contributed by atoms with Crippen molar-refractivity contribution in [2.45, 2.75) is 18.9 Å². The van der Waals surface area contributed by atoms with Crippen molar-refractivity contribution in [3.05, 3.63) is 47.6 Å². The van der Waals surface area contributed by atoms with Gasteiger partial charge in [0, 0.05) is 17.8 Å². The lowest BCUT2D eigenvalue weighted by atomic mass is 10.1. The average Bonchev–Trinajstić information content (AvgIpc) is 2.95. The summed E-state index contributed by atoms with van der Waals surface area (Å²) in [7, 11) is 0. The van der Waals surface area contributed by atoms with Crippen LogP contribution in [0.3, 0.4) is 0 Å². The van der Waals surface area contributed by atoms with Crippen molar-refractivity contribution in [3.8, 4) is 11.4 Å². The highest BCUT2D eigenvalue weighted by Gasteiger charge is 2.23. The van der Waals surface area contributed by atoms with E-state index >= 15 is 0 Å². The monoisotopic (exact) mass is 312 g/mol. The molecular weight excluding hydrogens is 296 g/mol. The number of hydrogen-bond donors (Lipinski definition) is 1. The summed E-state index contributed by atoms with van der Waals surface area (Å²) in [6.07, 6.45) is 4.00. The van der Waals surface area contributed by atoms with Gasteiger partial charge in [0.25, 0.3) is 0 Å². The number of benzene rings is 1. The Morgan fingerprint density at radius 3 is 2.73 bits per heavy atom. The van der Waals surface area contributed by atoms with Gasteiger partial charge in [0.05, 0.1) is 5.02 Å². The third-order valence-electron chi connectivity index (χ3n) is 4.24. The maximum absolute atomic E-state index is 6.41. The van der Waals surface area contributed by atoms with Crippen molar-refractivity contribution < 1.29 is 0 Å². The molecule has 0 saturated carbocycles. The van der Waals surface area contributed by atoms with Crippen molar-refractivity contribution in [3.63, 3.8) is 0 Å². The quantitative estimate of drug-likeness (QED) is 0.785. The molecule has 0 unspecified atom stereocenters. The van der Waals surface area contributed by atoms with Crippen LogP contribution in [-0.2, 0) is 0 Å². The number of hydrogen-bond acceptors (Lipinski definition) is 3. The number of pyridine rings is 1. The zero-order valence-corrected chi connectivity index (χ0v) is 12.9. The minimum absolute atomic E-state index is 0.410. The predicted octanol–water partition coefficient (Wildman–Crippen LogP) is 3.68. The number of fused-ring (bicyclic) bond motifs is 1. The molecule has 0 amide bonds. The van der Waals surface area contributed by atoms with Crippen LogP contribution in [0.25, 0.3) is 22.6 Å². The first-order valence-electron chi connectivity index (χ1n) is 7.63. The molecule has 1 aliphatic rings. The molecule has 1 N–H and O–H groups in total. The van der Waals surface area contributed by atoms with Crippen LogP contribution in [0.15, 0.2) is 42.6 Å². The largest absolute Gasteiger partial charge is 0.317 e. The van der Waals surface area contributed by atoms with Crippen LogP contribution in [0, 0.1) is 0 Å². The molecule has 4 rings (SSSR count). The van der Waals surface area contributed by atoms with Crippen molar-refractivity contribution in [1.29, 1.82) is 0 Å². The lowest BCUT2D eigenvalue weighted by Gasteiger charge is -2.26. The molecule has 1 aromatic carbocycles. The molecule has 0 aliphatic carbocycles. The third-order valence-corrected chi connectivity index (χ3v) is 4.57. The van der Waals surface area contributed by atoms with E-state index in [1.807, 2.05) is 42.6 Å². The van der Waals surface area contributed by atoms with Gasteiger partial charge in [-0.1, -0.05) is 23.7 Å². The molecule has 2 aromatic heterocycles. The molecule has 112 valence electrons. The van der Waals surface area contributed by atoms with Crippen molar-refractivity contribution in [2.24, 2.45) is 0 Å². The van der Waals surface area contributed by atoms with Crippen LogP contribution >= 0.6 is 11.6 Å². The van der Waals surface area contributed by atoms with Gasteiger partial charge in [0.15, 0.2) is 5.65 Å². The van der Waals surface area contributed by atoms with Crippen LogP contribution in [0.5, 0.6) is 0 Å². The lowest BCUT2D eigenvalue weighted by Crippen LogP contribution is -2.29. The molecule has 1 fully saturated rings. The van der Waals surface area contributed by atoms with Gasteiger partial charge in [0.1, 0.15) is 11.3 Å². The molecule has 0 bridgehead atoms. The zero-order valence-electron chi connectivity index (χ0n) is 12.2. The fourth-order valence-corrected chi connectivity index (χ4v) is 3.39. The van der Waals surface area contributed by atoms with Gasteiger partial charge < -0.3 is 9.88 Å². The van der Waals surface area contributed by atoms with E-state index in [0.717, 1.165) is 53.5 Å². The summed E-state index contributed by atoms with van der Waals surface area (Å²) in [5, 5.41) is 4.14. The standard InChI is InChI=1S/C17H17ClN4/c18-14-5-2-1-4-13(14)16-21-15-6-3-9-20-17(15)22(16)12-7-10-19-11-8-12/h1-6,9,12,19H,7-8,10-11H2. The molecule has 0 atom stereocenters. The maximum atomic E-state index is 6.41. The molecule has 0 spiro atoms. The van der Waals surface area contributed by atoms with E-state index in [1.165, 1.54) is 0 Å². The summed E-state index contributed by atoms with van der Waals surface area (Å²) in [5.41, 5.74) is 2.85. The van der Waals surface area contributed by atoms with E-state index in [4.69, 9.17) is 16.6 Å². The predicted molar refractivity (Wildman–Crippen MR) is 89.1 cm³/mol. The average molecular weight is 313 g/mol. The van der Waals surface area contributed by atoms with Gasteiger partial charge in [-0.05, 0) is 50.2 Å². The number of piperidine rings is 1. The molecule has 3 aromatic rings. The summed E-state index contributed by atoms with van der Waals surface area (Å²) in [6.45, 7) is 2.05. The summed E-state index contributed by atoms with van der Waals surface area (Å²) >= 11 is 6.41. The number of rotatable bonds is 2. The SMILES string of the molecule is Clc1ccccc1-c1nc2cccnc2n1C1CCNCC1. The van der Waals surface area contributed by atoms with E-state index in [1.54, 1.807) is 0 Å². The van der Waals surface area contributed by atoms with Gasteiger partial charge in [0.2, 0.25) is 0 Å². The number of aromatic nitrogens is 3. The number of nitrogens with zero attached hydrogens (tertiary/aromatic N) is 3. The first-order valence-corrected chi connectivity index (χ1v) is 8.01. The molecule has 1 aliphatic heterocycles. The highest BCUT2D eigenvalue weighted by atomic mass is 35.5. The highest BCUT2D eigenvalue weighted by Crippen LogP contribution is 2.34. The highest BCUT2D eigenvalue weighted by molar-refractivity contribution is 6.33. The van der Waals surface area contributed by atoms with Gasteiger partial charge in [-0.25, -0.2) is 9.97 Å². The Kier molecular flexibility index (Phi) is 3.56. The third kappa shape index (κ3) is 2.28. The van der Waals surface area contributed by atoms with Gasteiger partial charge in [-0.2, -0.15) is 0 Å². The Hall–Kier alpha value is -1.91. The zero-order chi connectivity index (χ0) is 14.9. The Morgan fingerprint density at radius 1 is 1.09 bits per heavy atom. The van der Waals surface area contributed by atoms with E-state index < -0.39 is 0 Å². The molecule has 1 saturated heterocycles. The van der Waals surface area contributed by atoms with Crippen LogP contribution in [0.2, 0.25) is 5.02 Å². The van der Waals surface area contributed by atoms with Crippen LogP contribution in [0.4, 0.5) is 0 Å². The van der Waals surface area contributed by atoms with Gasteiger partial charge in [-0.3, -0.25) is 0 Å². The summed E-state index contributed by atoms with van der Waals surface area (Å²) in [4.78, 5) is 9.38. The molecule has 0 radical (unpaired) electrons. The maximum Gasteiger partial charge on any atom is 0.160 e. The van der Waals surface area contributed by atoms with Gasteiger partial charge in [-0.15, -0.1) is 0 Å². The molecular formula is C17H17ClN4. The molecule has 22 heavy (non-hydrogen) atoms. The van der Waals surface area contributed by atoms with Crippen LogP contribution in [-0.4, -0.2) is 27.6 Å². The second kappa shape index (κ2) is 5.71. The van der Waals surface area contributed by atoms with Crippen LogP contribution < -0.4 is 5.32 Å². The summed E-state index contributed by atoms with van der Waals surface area (Å²) in [5.74, 6) is 0.922. The Labute approximate surface area is 134 Å². The molecule has 4 nitrogen and oxygen atoms in total. The summed E-state index contributed by atoms with van der Waals surface area (Å²) < 4.78 is 2.28. The topological polar surface area (TPSA) is 42.7 Å². The smallest absolute Gasteiger partial charge is 0.160 e. The Morgan fingerprint density at radius 2 is 1.91 bits per heavy atom.